The molecule has 0 radical (unpaired) electrons. The number of hydrogen-bond acceptors (Lipinski definition) is 6. The van der Waals surface area contributed by atoms with Gasteiger partial charge in [-0.2, -0.15) is 0 Å². The van der Waals surface area contributed by atoms with Crippen LogP contribution in [0.3, 0.4) is 0 Å². The van der Waals surface area contributed by atoms with Crippen molar-refractivity contribution in [3.8, 4) is 28.7 Å². The van der Waals surface area contributed by atoms with E-state index < -0.39 is 12.1 Å². The summed E-state index contributed by atoms with van der Waals surface area (Å²) < 4.78 is 26.1. The van der Waals surface area contributed by atoms with Crippen LogP contribution >= 0.6 is 0 Å². The third-order valence-electron chi connectivity index (χ3n) is 7.70. The fraction of sp³-hybridized carbons (Fsp3) is 0.222. The van der Waals surface area contributed by atoms with Crippen molar-refractivity contribution in [1.82, 2.24) is 9.55 Å². The predicted octanol–water partition coefficient (Wildman–Crippen LogP) is 7.38. The van der Waals surface area contributed by atoms with Gasteiger partial charge in [-0.05, 0) is 61.4 Å². The van der Waals surface area contributed by atoms with Gasteiger partial charge >= 0.3 is 35.5 Å². The Hall–Kier alpha value is -4.24. The number of hydrogen-bond donors (Lipinski definition) is 1. The zero-order chi connectivity index (χ0) is 30.6. The summed E-state index contributed by atoms with van der Waals surface area (Å²) in [5, 5.41) is 11.6. The first kappa shape index (κ1) is 32.2. The SMILES string of the molecule is CCC[C@@H](Oc1cccc2c1c1ccccc1n2Cc1ccc(OCc2nc(-c3ccccc3)oc2C)c(OC)c1)C(=O)O.[NaH]. The van der Waals surface area contributed by atoms with Crippen LogP contribution in [0.5, 0.6) is 17.2 Å². The summed E-state index contributed by atoms with van der Waals surface area (Å²) in [5.74, 6) is 2.09. The number of rotatable bonds is 12. The standard InChI is InChI=1S/C36H34N2O6.Na.H/c1-4-11-32(36(39)40)44-31-17-10-16-29-34(31)26-14-8-9-15-28(26)38(29)21-24-18-19-30(33(20-24)41-3)42-22-27-23(2)43-35(37-27)25-12-6-5-7-13-25;;/h5-10,12-20,32H,4,11,21-22H2,1-3H3,(H,39,40);;/t32-;;/m1../s1. The molecule has 45 heavy (non-hydrogen) atoms. The van der Waals surface area contributed by atoms with Crippen molar-refractivity contribution >= 4 is 57.3 Å². The van der Waals surface area contributed by atoms with Crippen LogP contribution in [0.25, 0.3) is 33.3 Å². The first-order valence-corrected chi connectivity index (χ1v) is 14.7. The van der Waals surface area contributed by atoms with E-state index in [1.807, 2.05) is 98.8 Å². The monoisotopic (exact) mass is 614 g/mol. The van der Waals surface area contributed by atoms with Gasteiger partial charge < -0.3 is 28.3 Å². The molecule has 0 saturated carbocycles. The van der Waals surface area contributed by atoms with Crippen LogP contribution in [-0.2, 0) is 17.9 Å². The maximum absolute atomic E-state index is 11.9. The number of carbonyl (C=O) groups is 1. The molecule has 0 bridgehead atoms. The summed E-state index contributed by atoms with van der Waals surface area (Å²) >= 11 is 0. The van der Waals surface area contributed by atoms with E-state index in [9.17, 15) is 9.90 Å². The Bertz CT molecular complexity index is 1930. The van der Waals surface area contributed by atoms with E-state index in [2.05, 4.69) is 15.6 Å². The molecule has 2 heterocycles. The number of benzene rings is 4. The Kier molecular flexibility index (Phi) is 10.2. The van der Waals surface area contributed by atoms with Gasteiger partial charge in [0.15, 0.2) is 17.6 Å². The Morgan fingerprint density at radius 2 is 1.69 bits per heavy atom. The van der Waals surface area contributed by atoms with Crippen molar-refractivity contribution in [1.29, 1.82) is 0 Å². The minimum atomic E-state index is -0.961. The molecule has 2 aromatic heterocycles. The summed E-state index contributed by atoms with van der Waals surface area (Å²) in [6, 6.07) is 29.6. The number of methoxy groups -OCH3 is 1. The minimum absolute atomic E-state index is 0. The number of aliphatic carboxylic acids is 1. The van der Waals surface area contributed by atoms with E-state index in [1.165, 1.54) is 0 Å². The molecule has 0 fully saturated rings. The number of carboxylic acids is 1. The number of ether oxygens (including phenoxy) is 3. The van der Waals surface area contributed by atoms with E-state index in [4.69, 9.17) is 18.6 Å². The van der Waals surface area contributed by atoms with E-state index in [1.54, 1.807) is 7.11 Å². The Morgan fingerprint density at radius 1 is 0.933 bits per heavy atom. The molecule has 1 atom stereocenters. The van der Waals surface area contributed by atoms with Crippen molar-refractivity contribution in [3.05, 3.63) is 108 Å². The molecule has 9 heteroatoms. The molecule has 0 aliphatic heterocycles. The Morgan fingerprint density at radius 3 is 2.44 bits per heavy atom. The molecular formula is C36H35N2NaO6. The Balaban J connectivity index is 0.00000400. The van der Waals surface area contributed by atoms with Crippen molar-refractivity contribution < 1.29 is 28.5 Å². The second-order valence-electron chi connectivity index (χ2n) is 10.6. The quantitative estimate of drug-likeness (QED) is 0.144. The molecule has 0 unspecified atom stereocenters. The van der Waals surface area contributed by atoms with Crippen LogP contribution in [0.4, 0.5) is 0 Å². The zero-order valence-corrected chi connectivity index (χ0v) is 24.9. The number of fused-ring (bicyclic) bond motifs is 3. The van der Waals surface area contributed by atoms with Gasteiger partial charge in [0.1, 0.15) is 23.8 Å². The van der Waals surface area contributed by atoms with E-state index >= 15 is 0 Å². The van der Waals surface area contributed by atoms with Crippen molar-refractivity contribution in [3.63, 3.8) is 0 Å². The summed E-state index contributed by atoms with van der Waals surface area (Å²) in [7, 11) is 1.63. The van der Waals surface area contributed by atoms with Gasteiger partial charge in [0, 0.05) is 28.4 Å². The molecule has 8 nitrogen and oxygen atoms in total. The van der Waals surface area contributed by atoms with Gasteiger partial charge in [-0.1, -0.05) is 61.9 Å². The topological polar surface area (TPSA) is 96.0 Å². The first-order chi connectivity index (χ1) is 21.5. The molecule has 0 amide bonds. The van der Waals surface area contributed by atoms with Crippen molar-refractivity contribution in [2.45, 2.75) is 45.9 Å². The number of aromatic nitrogens is 2. The number of para-hydroxylation sites is 1. The fourth-order valence-corrected chi connectivity index (χ4v) is 5.51. The summed E-state index contributed by atoms with van der Waals surface area (Å²) in [6.45, 7) is 4.63. The second kappa shape index (κ2) is 14.2. The predicted molar refractivity (Wildman–Crippen MR) is 177 cm³/mol. The summed E-state index contributed by atoms with van der Waals surface area (Å²) in [6.07, 6.45) is 0.238. The average Bonchev–Trinajstić information content (AvgIpc) is 3.58. The maximum atomic E-state index is 11.9. The Labute approximate surface area is 283 Å². The normalized spacial score (nSPS) is 11.7. The van der Waals surface area contributed by atoms with Gasteiger partial charge in [-0.15, -0.1) is 0 Å². The third-order valence-corrected chi connectivity index (χ3v) is 7.70. The average molecular weight is 615 g/mol. The van der Waals surface area contributed by atoms with Crippen LogP contribution in [0.2, 0.25) is 0 Å². The van der Waals surface area contributed by atoms with E-state index in [0.717, 1.165) is 38.6 Å². The third kappa shape index (κ3) is 6.73. The zero-order valence-electron chi connectivity index (χ0n) is 24.9. The molecule has 0 spiro atoms. The molecular weight excluding hydrogens is 579 g/mol. The van der Waals surface area contributed by atoms with Crippen LogP contribution in [-0.4, -0.2) is 63.4 Å². The molecule has 4 aromatic carbocycles. The van der Waals surface area contributed by atoms with Gasteiger partial charge in [0.2, 0.25) is 5.89 Å². The van der Waals surface area contributed by atoms with Gasteiger partial charge in [-0.25, -0.2) is 9.78 Å². The van der Waals surface area contributed by atoms with Crippen molar-refractivity contribution in [2.24, 2.45) is 0 Å². The van der Waals surface area contributed by atoms with Crippen molar-refractivity contribution in [2.75, 3.05) is 7.11 Å². The van der Waals surface area contributed by atoms with Gasteiger partial charge in [0.05, 0.1) is 12.6 Å². The molecule has 6 aromatic rings. The van der Waals surface area contributed by atoms with Crippen LogP contribution in [0, 0.1) is 6.92 Å². The molecule has 6 rings (SSSR count). The molecule has 226 valence electrons. The number of nitrogens with zero attached hydrogens (tertiary/aromatic N) is 2. The molecule has 0 saturated heterocycles. The van der Waals surface area contributed by atoms with Crippen LogP contribution in [0.1, 0.15) is 36.8 Å². The number of oxazole rings is 1. The van der Waals surface area contributed by atoms with Gasteiger partial charge in [0.25, 0.3) is 0 Å². The first-order valence-electron chi connectivity index (χ1n) is 14.7. The molecule has 0 aliphatic rings. The van der Waals surface area contributed by atoms with E-state index in [0.29, 0.717) is 48.3 Å². The fourth-order valence-electron chi connectivity index (χ4n) is 5.51. The molecule has 1 N–H and O–H groups in total. The summed E-state index contributed by atoms with van der Waals surface area (Å²) in [5.41, 5.74) is 4.63. The number of carboxylic acid groups (broad SMARTS) is 1. The van der Waals surface area contributed by atoms with Crippen LogP contribution in [0.15, 0.2) is 95.4 Å². The summed E-state index contributed by atoms with van der Waals surface area (Å²) in [4.78, 5) is 16.5. The number of aryl methyl sites for hydroxylation is 1. The second-order valence-corrected chi connectivity index (χ2v) is 10.6. The van der Waals surface area contributed by atoms with Gasteiger partial charge in [-0.3, -0.25) is 0 Å². The van der Waals surface area contributed by atoms with Crippen LogP contribution < -0.4 is 14.2 Å². The molecule has 0 aliphatic carbocycles. The van der Waals surface area contributed by atoms with E-state index in [-0.39, 0.29) is 36.2 Å².